The first kappa shape index (κ1) is 14.2. The van der Waals surface area contributed by atoms with Crippen molar-refractivity contribution in [2.75, 3.05) is 5.32 Å². The van der Waals surface area contributed by atoms with Crippen LogP contribution in [0, 0.1) is 0 Å². The van der Waals surface area contributed by atoms with Crippen LogP contribution in [0.3, 0.4) is 0 Å². The number of hydrogen-bond acceptors (Lipinski definition) is 5. The first-order valence-electron chi connectivity index (χ1n) is 5.82. The number of carbonyl (C=O) groups is 3. The maximum absolute atomic E-state index is 11.1. The van der Waals surface area contributed by atoms with E-state index >= 15 is 0 Å². The summed E-state index contributed by atoms with van der Waals surface area (Å²) >= 11 is 0. The molecule has 0 atom stereocenters. The number of aldehydes is 1. The summed E-state index contributed by atoms with van der Waals surface area (Å²) in [4.78, 5) is 36.9. The highest BCUT2D eigenvalue weighted by atomic mass is 16.4. The number of carbonyl (C=O) groups excluding carboxylic acids is 1. The average molecular weight is 286 g/mol. The van der Waals surface area contributed by atoms with E-state index in [9.17, 15) is 14.4 Å². The molecule has 0 saturated heterocycles. The summed E-state index contributed by atoms with van der Waals surface area (Å²) in [6.07, 6.45) is 0.472. The monoisotopic (exact) mass is 286 g/mol. The predicted molar refractivity (Wildman–Crippen MR) is 73.3 cm³/mol. The molecule has 1 aromatic heterocycles. The molecule has 0 amide bonds. The lowest BCUT2D eigenvalue weighted by Crippen LogP contribution is -2.09. The van der Waals surface area contributed by atoms with E-state index in [1.54, 1.807) is 12.1 Å². The molecule has 2 aromatic rings. The van der Waals surface area contributed by atoms with Crippen LogP contribution < -0.4 is 5.32 Å². The number of carboxylic acids is 2. The van der Waals surface area contributed by atoms with Crippen molar-refractivity contribution in [2.24, 2.45) is 0 Å². The van der Waals surface area contributed by atoms with Crippen LogP contribution in [-0.4, -0.2) is 33.4 Å². The second-order valence-corrected chi connectivity index (χ2v) is 4.03. The first-order valence-corrected chi connectivity index (χ1v) is 5.82. The number of pyridine rings is 1. The smallest absolute Gasteiger partial charge is 0.339 e. The fourth-order valence-electron chi connectivity index (χ4n) is 1.71. The lowest BCUT2D eigenvalue weighted by molar-refractivity contribution is 0.0687. The Hall–Kier alpha value is -3.22. The Morgan fingerprint density at radius 3 is 2.29 bits per heavy atom. The summed E-state index contributed by atoms with van der Waals surface area (Å²) < 4.78 is 0. The number of nitrogens with one attached hydrogen (secondary N) is 1. The third-order valence-corrected chi connectivity index (χ3v) is 2.68. The molecule has 0 aliphatic heterocycles. The number of para-hydroxylation sites is 1. The van der Waals surface area contributed by atoms with E-state index in [0.717, 1.165) is 0 Å². The molecule has 0 unspecified atom stereocenters. The van der Waals surface area contributed by atoms with Gasteiger partial charge in [0, 0.05) is 0 Å². The average Bonchev–Trinajstić information content (AvgIpc) is 2.47. The molecule has 0 bridgehead atoms. The second-order valence-electron chi connectivity index (χ2n) is 4.03. The summed E-state index contributed by atoms with van der Waals surface area (Å²) in [6.45, 7) is 0. The highest BCUT2D eigenvalue weighted by Crippen LogP contribution is 2.22. The van der Waals surface area contributed by atoms with Gasteiger partial charge in [0.2, 0.25) is 0 Å². The van der Waals surface area contributed by atoms with Gasteiger partial charge in [-0.1, -0.05) is 12.1 Å². The minimum absolute atomic E-state index is 0.0351. The number of carboxylic acid groups (broad SMARTS) is 2. The van der Waals surface area contributed by atoms with Crippen molar-refractivity contribution in [3.63, 3.8) is 0 Å². The number of anilines is 2. The van der Waals surface area contributed by atoms with E-state index in [1.807, 2.05) is 0 Å². The van der Waals surface area contributed by atoms with E-state index in [2.05, 4.69) is 10.3 Å². The lowest BCUT2D eigenvalue weighted by Gasteiger charge is -2.11. The van der Waals surface area contributed by atoms with Gasteiger partial charge in [0.05, 0.1) is 11.3 Å². The minimum atomic E-state index is -1.24. The number of nitrogens with zero attached hydrogens (tertiary/aromatic N) is 1. The molecule has 1 heterocycles. The van der Waals surface area contributed by atoms with Crippen molar-refractivity contribution < 1.29 is 24.6 Å². The van der Waals surface area contributed by atoms with Crippen LogP contribution in [0.2, 0.25) is 0 Å². The standard InChI is InChI=1S/C14H10N2O5/c17-7-8-5-6-10(14(20)21)12(15-8)16-11-4-2-1-3-9(11)13(18)19/h1-7H,(H,15,16)(H,18,19)(H,20,21). The number of hydrogen-bond donors (Lipinski definition) is 3. The Morgan fingerprint density at radius 1 is 1.00 bits per heavy atom. The fraction of sp³-hybridized carbons (Fsp3) is 0. The van der Waals surface area contributed by atoms with Crippen molar-refractivity contribution in [2.45, 2.75) is 0 Å². The minimum Gasteiger partial charge on any atom is -0.478 e. The number of aromatic nitrogens is 1. The second kappa shape index (κ2) is 5.83. The zero-order chi connectivity index (χ0) is 15.4. The predicted octanol–water partition coefficient (Wildman–Crippen LogP) is 2.03. The van der Waals surface area contributed by atoms with Crippen LogP contribution in [0.25, 0.3) is 0 Å². The lowest BCUT2D eigenvalue weighted by atomic mass is 10.1. The van der Waals surface area contributed by atoms with Crippen LogP contribution in [0.5, 0.6) is 0 Å². The third kappa shape index (κ3) is 3.03. The van der Waals surface area contributed by atoms with Crippen LogP contribution in [0.1, 0.15) is 31.2 Å². The SMILES string of the molecule is O=Cc1ccc(C(=O)O)c(Nc2ccccc2C(=O)O)n1. The molecule has 0 fully saturated rings. The molecular weight excluding hydrogens is 276 g/mol. The van der Waals surface area contributed by atoms with Crippen LogP contribution in [-0.2, 0) is 0 Å². The van der Waals surface area contributed by atoms with E-state index in [4.69, 9.17) is 10.2 Å². The van der Waals surface area contributed by atoms with E-state index in [0.29, 0.717) is 6.29 Å². The summed E-state index contributed by atoms with van der Waals surface area (Å²) in [6, 6.07) is 8.48. The molecular formula is C14H10N2O5. The third-order valence-electron chi connectivity index (χ3n) is 2.68. The van der Waals surface area contributed by atoms with Gasteiger partial charge in [0.25, 0.3) is 0 Å². The van der Waals surface area contributed by atoms with E-state index in [-0.39, 0.29) is 28.3 Å². The van der Waals surface area contributed by atoms with Crippen molar-refractivity contribution in [1.29, 1.82) is 0 Å². The summed E-state index contributed by atoms with van der Waals surface area (Å²) in [5.41, 5.74) is 0.0197. The van der Waals surface area contributed by atoms with Crippen LogP contribution in [0.15, 0.2) is 36.4 Å². The normalized spacial score (nSPS) is 9.90. The molecule has 7 heteroatoms. The summed E-state index contributed by atoms with van der Waals surface area (Å²) in [5, 5.41) is 20.8. The highest BCUT2D eigenvalue weighted by molar-refractivity contribution is 5.98. The molecule has 0 saturated carbocycles. The maximum Gasteiger partial charge on any atom is 0.339 e. The number of benzene rings is 1. The Balaban J connectivity index is 2.50. The van der Waals surface area contributed by atoms with Crippen LogP contribution in [0.4, 0.5) is 11.5 Å². The maximum atomic E-state index is 11.1. The zero-order valence-corrected chi connectivity index (χ0v) is 10.6. The van der Waals surface area contributed by atoms with Gasteiger partial charge in [-0.15, -0.1) is 0 Å². The molecule has 0 aliphatic rings. The van der Waals surface area contributed by atoms with Crippen molar-refractivity contribution in [3.05, 3.63) is 53.2 Å². The first-order chi connectivity index (χ1) is 10.0. The van der Waals surface area contributed by atoms with Crippen molar-refractivity contribution in [3.8, 4) is 0 Å². The van der Waals surface area contributed by atoms with Gasteiger partial charge < -0.3 is 15.5 Å². The summed E-state index contributed by atoms with van der Waals surface area (Å²) in [5.74, 6) is -2.50. The Labute approximate surface area is 118 Å². The quantitative estimate of drug-likeness (QED) is 0.720. The molecule has 7 nitrogen and oxygen atoms in total. The van der Waals surface area contributed by atoms with Gasteiger partial charge in [-0.25, -0.2) is 14.6 Å². The summed E-state index contributed by atoms with van der Waals surface area (Å²) in [7, 11) is 0. The topological polar surface area (TPSA) is 117 Å². The van der Waals surface area contributed by atoms with Gasteiger partial charge in [-0.05, 0) is 24.3 Å². The molecule has 106 valence electrons. The van der Waals surface area contributed by atoms with Gasteiger partial charge in [0.1, 0.15) is 17.1 Å². The Kier molecular flexibility index (Phi) is 3.94. The molecule has 0 spiro atoms. The van der Waals surface area contributed by atoms with E-state index < -0.39 is 11.9 Å². The van der Waals surface area contributed by atoms with Gasteiger partial charge >= 0.3 is 11.9 Å². The molecule has 2 rings (SSSR count). The number of aromatic carboxylic acids is 2. The molecule has 21 heavy (non-hydrogen) atoms. The van der Waals surface area contributed by atoms with E-state index in [1.165, 1.54) is 24.3 Å². The van der Waals surface area contributed by atoms with Crippen molar-refractivity contribution in [1.82, 2.24) is 4.98 Å². The van der Waals surface area contributed by atoms with Gasteiger partial charge in [0.15, 0.2) is 6.29 Å². The Bertz CT molecular complexity index is 727. The van der Waals surface area contributed by atoms with Crippen LogP contribution >= 0.6 is 0 Å². The molecule has 1 aromatic carbocycles. The molecule has 3 N–H and O–H groups in total. The molecule has 0 aliphatic carbocycles. The fourth-order valence-corrected chi connectivity index (χ4v) is 1.71. The molecule has 0 radical (unpaired) electrons. The largest absolute Gasteiger partial charge is 0.478 e. The van der Waals surface area contributed by atoms with Gasteiger partial charge in [-0.2, -0.15) is 0 Å². The van der Waals surface area contributed by atoms with Crippen molar-refractivity contribution >= 4 is 29.7 Å². The highest BCUT2D eigenvalue weighted by Gasteiger charge is 2.15. The Morgan fingerprint density at radius 2 is 1.67 bits per heavy atom. The number of rotatable bonds is 5. The zero-order valence-electron chi connectivity index (χ0n) is 10.6. The van der Waals surface area contributed by atoms with Gasteiger partial charge in [-0.3, -0.25) is 4.79 Å².